The van der Waals surface area contributed by atoms with Crippen molar-refractivity contribution in [1.29, 1.82) is 0 Å². The summed E-state index contributed by atoms with van der Waals surface area (Å²) < 4.78 is 15.2. The topological polar surface area (TPSA) is 87.3 Å². The van der Waals surface area contributed by atoms with Crippen molar-refractivity contribution in [1.82, 2.24) is 15.1 Å². The number of aromatic nitrogens is 3. The zero-order valence-corrected chi connectivity index (χ0v) is 12.5. The molecule has 0 spiro atoms. The van der Waals surface area contributed by atoms with Crippen molar-refractivity contribution in [2.24, 2.45) is 0 Å². The van der Waals surface area contributed by atoms with Gasteiger partial charge in [0.15, 0.2) is 0 Å². The third-order valence-corrected chi connectivity index (χ3v) is 3.13. The minimum Gasteiger partial charge on any atom is -0.497 e. The predicted molar refractivity (Wildman–Crippen MR) is 80.9 cm³/mol. The van der Waals surface area contributed by atoms with Gasteiger partial charge in [-0.1, -0.05) is 11.2 Å². The van der Waals surface area contributed by atoms with Crippen LogP contribution < -0.4 is 4.74 Å². The molecule has 116 valence electrons. The highest BCUT2D eigenvalue weighted by Crippen LogP contribution is 2.26. The maximum atomic E-state index is 11.7. The van der Waals surface area contributed by atoms with Gasteiger partial charge in [0.2, 0.25) is 5.82 Å². The minimum absolute atomic E-state index is 0.259. The van der Waals surface area contributed by atoms with Gasteiger partial charge in [0, 0.05) is 11.8 Å². The second-order valence-corrected chi connectivity index (χ2v) is 4.58. The Balaban J connectivity index is 2.02. The highest BCUT2D eigenvalue weighted by molar-refractivity contribution is 5.91. The van der Waals surface area contributed by atoms with Crippen LogP contribution in [0.4, 0.5) is 0 Å². The van der Waals surface area contributed by atoms with Gasteiger partial charge in [-0.25, -0.2) is 4.79 Å². The number of ether oxygens (including phenoxy) is 2. The van der Waals surface area contributed by atoms with Gasteiger partial charge in [-0.15, -0.1) is 0 Å². The van der Waals surface area contributed by atoms with E-state index in [2.05, 4.69) is 15.1 Å². The van der Waals surface area contributed by atoms with Gasteiger partial charge in [0.25, 0.3) is 5.89 Å². The molecule has 0 aliphatic heterocycles. The summed E-state index contributed by atoms with van der Waals surface area (Å²) in [6.07, 6.45) is 1.65. The Labute approximate surface area is 131 Å². The summed E-state index contributed by atoms with van der Waals surface area (Å²) in [4.78, 5) is 20.2. The molecule has 0 radical (unpaired) electrons. The van der Waals surface area contributed by atoms with E-state index in [9.17, 15) is 4.79 Å². The van der Waals surface area contributed by atoms with Gasteiger partial charge in [-0.05, 0) is 30.3 Å². The number of carbonyl (C=O) groups is 1. The number of esters is 1. The Morgan fingerprint density at radius 3 is 2.74 bits per heavy atom. The Bertz CT molecular complexity index is 830. The van der Waals surface area contributed by atoms with Crippen LogP contribution >= 0.6 is 0 Å². The van der Waals surface area contributed by atoms with E-state index in [0.29, 0.717) is 28.4 Å². The fraction of sp³-hybridized carbons (Fsp3) is 0.125. The van der Waals surface area contributed by atoms with E-state index in [-0.39, 0.29) is 5.89 Å². The normalized spacial score (nSPS) is 10.3. The van der Waals surface area contributed by atoms with Crippen LogP contribution in [0, 0.1) is 0 Å². The molecule has 0 atom stereocenters. The van der Waals surface area contributed by atoms with Crippen molar-refractivity contribution >= 4 is 5.97 Å². The highest BCUT2D eigenvalue weighted by Gasteiger charge is 2.16. The summed E-state index contributed by atoms with van der Waals surface area (Å²) in [5, 5.41) is 3.91. The van der Waals surface area contributed by atoms with E-state index < -0.39 is 5.97 Å². The van der Waals surface area contributed by atoms with E-state index >= 15 is 0 Å². The van der Waals surface area contributed by atoms with E-state index in [0.717, 1.165) is 0 Å². The number of benzene rings is 1. The lowest BCUT2D eigenvalue weighted by molar-refractivity contribution is 0.0600. The molecule has 2 aromatic heterocycles. The first-order valence-electron chi connectivity index (χ1n) is 6.74. The van der Waals surface area contributed by atoms with Crippen molar-refractivity contribution in [2.75, 3.05) is 14.2 Å². The van der Waals surface area contributed by atoms with Gasteiger partial charge in [0.05, 0.1) is 19.8 Å². The van der Waals surface area contributed by atoms with Gasteiger partial charge < -0.3 is 14.0 Å². The molecule has 3 rings (SSSR count). The first-order chi connectivity index (χ1) is 11.2. The quantitative estimate of drug-likeness (QED) is 0.684. The standard InChI is InChI=1S/C16H13N3O4/c1-21-12-8-10(7-11(9-12)16(20)22-2)15-18-14(19-23-15)13-5-3-4-6-17-13/h3-9H,1-2H3. The molecule has 7 nitrogen and oxygen atoms in total. The zero-order chi connectivity index (χ0) is 16.2. The van der Waals surface area contributed by atoms with Crippen LogP contribution in [0.25, 0.3) is 23.0 Å². The summed E-state index contributed by atoms with van der Waals surface area (Å²) in [5.74, 6) is 0.632. The molecule has 1 aromatic carbocycles. The summed E-state index contributed by atoms with van der Waals surface area (Å²) in [6, 6.07) is 10.3. The van der Waals surface area contributed by atoms with Crippen LogP contribution in [0.1, 0.15) is 10.4 Å². The van der Waals surface area contributed by atoms with E-state index in [4.69, 9.17) is 14.0 Å². The molecular weight excluding hydrogens is 298 g/mol. The average molecular weight is 311 g/mol. The molecule has 0 amide bonds. The fourth-order valence-corrected chi connectivity index (χ4v) is 2.02. The van der Waals surface area contributed by atoms with Crippen LogP contribution in [0.5, 0.6) is 5.75 Å². The largest absolute Gasteiger partial charge is 0.497 e. The SMILES string of the molecule is COC(=O)c1cc(OC)cc(-c2nc(-c3ccccn3)no2)c1. The number of methoxy groups -OCH3 is 2. The molecule has 0 fully saturated rings. The molecule has 0 unspecified atom stereocenters. The molecular formula is C16H13N3O4. The third-order valence-electron chi connectivity index (χ3n) is 3.13. The molecule has 0 bridgehead atoms. The van der Waals surface area contributed by atoms with E-state index in [1.807, 2.05) is 6.07 Å². The number of rotatable bonds is 4. The Kier molecular flexibility index (Phi) is 4.01. The molecule has 0 aliphatic rings. The van der Waals surface area contributed by atoms with Crippen LogP contribution in [0.3, 0.4) is 0 Å². The number of hydrogen-bond acceptors (Lipinski definition) is 7. The summed E-state index contributed by atoms with van der Waals surface area (Å²) in [7, 11) is 2.82. The number of nitrogens with zero attached hydrogens (tertiary/aromatic N) is 3. The highest BCUT2D eigenvalue weighted by atomic mass is 16.5. The third kappa shape index (κ3) is 3.03. The van der Waals surface area contributed by atoms with Crippen molar-refractivity contribution in [3.8, 4) is 28.7 Å². The molecule has 0 N–H and O–H groups in total. The smallest absolute Gasteiger partial charge is 0.338 e. The van der Waals surface area contributed by atoms with E-state index in [1.54, 1.807) is 36.5 Å². The Morgan fingerprint density at radius 2 is 2.04 bits per heavy atom. The van der Waals surface area contributed by atoms with Gasteiger partial charge in [0.1, 0.15) is 11.4 Å². The van der Waals surface area contributed by atoms with Crippen molar-refractivity contribution in [2.45, 2.75) is 0 Å². The summed E-state index contributed by atoms with van der Waals surface area (Å²) >= 11 is 0. The number of carbonyl (C=O) groups excluding carboxylic acids is 1. The van der Waals surface area contributed by atoms with Crippen molar-refractivity contribution in [3.05, 3.63) is 48.2 Å². The maximum Gasteiger partial charge on any atom is 0.338 e. The predicted octanol–water partition coefficient (Wildman–Crippen LogP) is 2.59. The Morgan fingerprint density at radius 1 is 1.17 bits per heavy atom. The van der Waals surface area contributed by atoms with E-state index in [1.165, 1.54) is 14.2 Å². The van der Waals surface area contributed by atoms with Gasteiger partial charge >= 0.3 is 5.97 Å². The lowest BCUT2D eigenvalue weighted by Gasteiger charge is -2.05. The second-order valence-electron chi connectivity index (χ2n) is 4.58. The lowest BCUT2D eigenvalue weighted by Crippen LogP contribution is -2.02. The summed E-state index contributed by atoms with van der Waals surface area (Å²) in [5.41, 5.74) is 1.48. The van der Waals surface area contributed by atoms with Crippen LogP contribution in [-0.2, 0) is 4.74 Å². The fourth-order valence-electron chi connectivity index (χ4n) is 2.02. The van der Waals surface area contributed by atoms with Crippen molar-refractivity contribution in [3.63, 3.8) is 0 Å². The molecule has 7 heteroatoms. The monoisotopic (exact) mass is 311 g/mol. The maximum absolute atomic E-state index is 11.7. The first-order valence-corrected chi connectivity index (χ1v) is 6.74. The molecule has 0 aliphatic carbocycles. The summed E-state index contributed by atoms with van der Waals surface area (Å²) in [6.45, 7) is 0. The molecule has 0 saturated heterocycles. The van der Waals surface area contributed by atoms with Gasteiger partial charge in [-0.3, -0.25) is 4.98 Å². The molecule has 0 saturated carbocycles. The average Bonchev–Trinajstić information content (AvgIpc) is 3.11. The zero-order valence-electron chi connectivity index (χ0n) is 12.5. The number of pyridine rings is 1. The molecule has 3 aromatic rings. The van der Waals surface area contributed by atoms with Crippen LogP contribution in [0.2, 0.25) is 0 Å². The second kappa shape index (κ2) is 6.27. The number of hydrogen-bond donors (Lipinski definition) is 0. The minimum atomic E-state index is -0.477. The van der Waals surface area contributed by atoms with Crippen LogP contribution in [0.15, 0.2) is 47.1 Å². The molecule has 2 heterocycles. The van der Waals surface area contributed by atoms with Crippen molar-refractivity contribution < 1.29 is 18.8 Å². The Hall–Kier alpha value is -3.22. The van der Waals surface area contributed by atoms with Gasteiger partial charge in [-0.2, -0.15) is 4.98 Å². The molecule has 23 heavy (non-hydrogen) atoms. The first kappa shape index (κ1) is 14.7. The lowest BCUT2D eigenvalue weighted by atomic mass is 10.1. The van der Waals surface area contributed by atoms with Crippen LogP contribution in [-0.4, -0.2) is 35.3 Å².